The van der Waals surface area contributed by atoms with Crippen molar-refractivity contribution in [3.8, 4) is 0 Å². The van der Waals surface area contributed by atoms with Gasteiger partial charge >= 0.3 is 5.97 Å². The zero-order chi connectivity index (χ0) is 26.7. The molecule has 0 saturated carbocycles. The second-order valence-electron chi connectivity index (χ2n) is 7.44. The van der Waals surface area contributed by atoms with Crippen LogP contribution in [-0.2, 0) is 19.2 Å². The molecule has 2 amide bonds. The van der Waals surface area contributed by atoms with Gasteiger partial charge in [-0.15, -0.1) is 34.9 Å². The Kier molecular flexibility index (Phi) is 7.84. The van der Waals surface area contributed by atoms with Gasteiger partial charge in [-0.1, -0.05) is 17.3 Å². The first kappa shape index (κ1) is 26.2. The van der Waals surface area contributed by atoms with Crippen molar-refractivity contribution in [2.45, 2.75) is 16.4 Å². The van der Waals surface area contributed by atoms with E-state index < -0.39 is 29.2 Å². The summed E-state index contributed by atoms with van der Waals surface area (Å²) in [7, 11) is 1.27. The lowest BCUT2D eigenvalue weighted by Crippen LogP contribution is -2.71. The Morgan fingerprint density at radius 2 is 2.14 bits per heavy atom. The quantitative estimate of drug-likeness (QED) is 0.0899. The molecule has 8 N–H and O–H groups in total. The van der Waals surface area contributed by atoms with Crippen LogP contribution in [0.25, 0.3) is 0 Å². The number of carbonyl (C=O) groups excluding carboxylic acids is 2. The summed E-state index contributed by atoms with van der Waals surface area (Å²) in [4.78, 5) is 55.6. The number of nitrogens with one attached hydrogen (secondary N) is 1. The average Bonchev–Trinajstić information content (AvgIpc) is 3.27. The van der Waals surface area contributed by atoms with Crippen molar-refractivity contribution in [2.24, 2.45) is 5.16 Å². The third kappa shape index (κ3) is 5.62. The number of nitrogen functional groups attached to an aromatic ring is 3. The van der Waals surface area contributed by atoms with Crippen LogP contribution in [0.3, 0.4) is 0 Å². The molecule has 194 valence electrons. The number of aromatic nitrogens is 3. The highest BCUT2D eigenvalue weighted by molar-refractivity contribution is 8.00. The molecule has 2 atom stereocenters. The van der Waals surface area contributed by atoms with Gasteiger partial charge < -0.3 is 32.5 Å². The van der Waals surface area contributed by atoms with Crippen LogP contribution >= 0.6 is 34.9 Å². The topological polar surface area (TPSA) is 225 Å². The lowest BCUT2D eigenvalue weighted by atomic mass is 10.0. The summed E-state index contributed by atoms with van der Waals surface area (Å²) in [6.07, 6.45) is 3.41. The molecule has 17 heteroatoms. The maximum Gasteiger partial charge on any atom is 0.352 e. The van der Waals surface area contributed by atoms with Gasteiger partial charge in [0, 0.05) is 23.0 Å². The smallest absolute Gasteiger partial charge is 0.352 e. The first-order chi connectivity index (χ1) is 17.7. The summed E-state index contributed by atoms with van der Waals surface area (Å²) in [5.74, 6) is -1.41. The first-order valence-electron chi connectivity index (χ1n) is 10.4. The van der Waals surface area contributed by atoms with Crippen LogP contribution in [0.4, 0.5) is 16.9 Å². The van der Waals surface area contributed by atoms with E-state index in [1.54, 1.807) is 18.2 Å². The molecular weight excluding hydrogens is 542 g/mol. The fraction of sp³-hybridized carbons (Fsp3) is 0.250. The molecule has 0 radical (unpaired) electrons. The Bertz CT molecular complexity index is 1320. The zero-order valence-corrected chi connectivity index (χ0v) is 21.6. The van der Waals surface area contributed by atoms with Crippen molar-refractivity contribution in [3.05, 3.63) is 40.6 Å². The van der Waals surface area contributed by atoms with E-state index in [0.29, 0.717) is 22.1 Å². The predicted molar refractivity (Wildman–Crippen MR) is 140 cm³/mol. The van der Waals surface area contributed by atoms with Gasteiger partial charge in [0.15, 0.2) is 10.8 Å². The summed E-state index contributed by atoms with van der Waals surface area (Å²) < 4.78 is 0. The van der Waals surface area contributed by atoms with Crippen molar-refractivity contribution in [1.82, 2.24) is 25.2 Å². The number of amides is 2. The lowest BCUT2D eigenvalue weighted by molar-refractivity contribution is -0.150. The van der Waals surface area contributed by atoms with Crippen molar-refractivity contribution < 1.29 is 24.3 Å². The van der Waals surface area contributed by atoms with Crippen molar-refractivity contribution >= 4 is 75.3 Å². The number of allylic oxidation sites excluding steroid dienone is 1. The maximum atomic E-state index is 12.9. The van der Waals surface area contributed by atoms with E-state index in [1.165, 1.54) is 40.9 Å². The van der Waals surface area contributed by atoms with Crippen molar-refractivity contribution in [2.75, 3.05) is 35.8 Å². The Morgan fingerprint density at radius 3 is 2.78 bits per heavy atom. The van der Waals surface area contributed by atoms with Crippen LogP contribution in [0, 0.1) is 0 Å². The number of nitrogens with zero attached hydrogens (tertiary/aromatic N) is 5. The number of β-lactam (4-membered cyclic amide) rings is 1. The summed E-state index contributed by atoms with van der Waals surface area (Å²) in [6, 6.07) is 0.636. The molecule has 0 aliphatic carbocycles. The number of anilines is 3. The third-order valence-electron chi connectivity index (χ3n) is 5.04. The van der Waals surface area contributed by atoms with Gasteiger partial charge in [0.1, 0.15) is 40.8 Å². The summed E-state index contributed by atoms with van der Waals surface area (Å²) in [5, 5.41) is 17.9. The fourth-order valence-corrected chi connectivity index (χ4v) is 6.12. The first-order valence-corrected chi connectivity index (χ1v) is 13.3. The molecule has 2 aliphatic rings. The van der Waals surface area contributed by atoms with E-state index in [2.05, 4.69) is 25.4 Å². The van der Waals surface area contributed by atoms with Crippen LogP contribution in [0.15, 0.2) is 45.1 Å². The van der Waals surface area contributed by atoms with Gasteiger partial charge in [-0.05, 0) is 5.57 Å². The van der Waals surface area contributed by atoms with Gasteiger partial charge in [-0.2, -0.15) is 4.98 Å². The summed E-state index contributed by atoms with van der Waals surface area (Å²) in [6.45, 7) is 0. The lowest BCUT2D eigenvalue weighted by Gasteiger charge is -2.49. The number of hydrogen-bond donors (Lipinski definition) is 5. The minimum absolute atomic E-state index is 0.0614. The van der Waals surface area contributed by atoms with E-state index in [0.717, 1.165) is 11.3 Å². The zero-order valence-electron chi connectivity index (χ0n) is 19.2. The minimum Gasteiger partial charge on any atom is -0.477 e. The van der Waals surface area contributed by atoms with Gasteiger partial charge in [0.25, 0.3) is 11.8 Å². The molecular formula is C20H21N9O5S3. The van der Waals surface area contributed by atoms with Crippen molar-refractivity contribution in [3.63, 3.8) is 0 Å². The van der Waals surface area contributed by atoms with E-state index in [-0.39, 0.29) is 34.0 Å². The fourth-order valence-electron chi connectivity index (χ4n) is 3.53. The molecule has 0 spiro atoms. The Hall–Kier alpha value is -3.83. The molecule has 2 aromatic heterocycles. The average molecular weight is 564 g/mol. The van der Waals surface area contributed by atoms with Gasteiger partial charge in [0.2, 0.25) is 5.95 Å². The normalized spacial score (nSPS) is 19.5. The Morgan fingerprint density at radius 1 is 1.35 bits per heavy atom. The van der Waals surface area contributed by atoms with E-state index in [1.807, 2.05) is 0 Å². The van der Waals surface area contributed by atoms with Crippen LogP contribution in [0.2, 0.25) is 0 Å². The SMILES string of the molecule is CO/N=C(/C(=O)NC1C(=O)N2C(C(=O)O)=C(/C=C/CSc3cc(N)nc(N)n3)CS[C@H]12)c1csc(N)n1. The molecule has 0 aromatic carbocycles. The van der Waals surface area contributed by atoms with Crippen molar-refractivity contribution in [1.29, 1.82) is 0 Å². The number of thioether (sulfide) groups is 2. The maximum absolute atomic E-state index is 12.9. The van der Waals surface area contributed by atoms with E-state index >= 15 is 0 Å². The highest BCUT2D eigenvalue weighted by atomic mass is 32.2. The number of rotatable bonds is 9. The number of nitrogens with two attached hydrogens (primary N) is 3. The number of fused-ring (bicyclic) bond motifs is 1. The Balaban J connectivity index is 1.45. The number of carboxylic acid groups (broad SMARTS) is 1. The van der Waals surface area contributed by atoms with E-state index in [4.69, 9.17) is 22.0 Å². The second-order valence-corrected chi connectivity index (χ2v) is 10.5. The van der Waals surface area contributed by atoms with Gasteiger partial charge in [-0.25, -0.2) is 14.8 Å². The number of hydrogen-bond acceptors (Lipinski definition) is 14. The van der Waals surface area contributed by atoms with Gasteiger partial charge in [0.05, 0.1) is 0 Å². The number of carbonyl (C=O) groups is 3. The molecule has 0 bridgehead atoms. The summed E-state index contributed by atoms with van der Waals surface area (Å²) >= 11 is 3.79. The molecule has 1 unspecified atom stereocenters. The largest absolute Gasteiger partial charge is 0.477 e. The summed E-state index contributed by atoms with van der Waals surface area (Å²) in [5.41, 5.74) is 17.3. The van der Waals surface area contributed by atoms with Gasteiger partial charge in [-0.3, -0.25) is 14.5 Å². The molecule has 14 nitrogen and oxygen atoms in total. The second kappa shape index (κ2) is 11.1. The highest BCUT2D eigenvalue weighted by Crippen LogP contribution is 2.40. The predicted octanol–water partition coefficient (Wildman–Crippen LogP) is 0.117. The van der Waals surface area contributed by atoms with Crippen LogP contribution in [0.5, 0.6) is 0 Å². The number of oxime groups is 1. The number of thiazole rings is 1. The number of carboxylic acids is 1. The molecule has 1 saturated heterocycles. The Labute approximate surface area is 222 Å². The molecule has 2 aliphatic heterocycles. The highest BCUT2D eigenvalue weighted by Gasteiger charge is 2.54. The molecule has 1 fully saturated rings. The number of aliphatic carboxylic acids is 1. The van der Waals surface area contributed by atoms with Crippen LogP contribution < -0.4 is 22.5 Å². The standard InChI is InChI=1S/C20H21N9O5S3/c1-34-28-12(9-7-37-20(23)24-9)15(30)27-13-16(31)29-14(18(32)33)8(6-36-17(13)29)3-2-4-35-11-5-10(21)25-19(22)26-11/h2-3,5,7,13,17H,4,6H2,1H3,(H2,23,24)(H,27,30)(H,32,33)(H4,21,22,25,26)/b3-2+,28-12+/t13?,17-/m1/s1. The monoisotopic (exact) mass is 563 g/mol. The minimum atomic E-state index is -1.24. The molecule has 2 aromatic rings. The van der Waals surface area contributed by atoms with Crippen LogP contribution in [-0.4, -0.2) is 78.5 Å². The molecule has 37 heavy (non-hydrogen) atoms. The van der Waals surface area contributed by atoms with Crippen LogP contribution in [0.1, 0.15) is 5.69 Å². The third-order valence-corrected chi connectivity index (χ3v) is 7.88. The molecule has 4 rings (SSSR count). The van der Waals surface area contributed by atoms with E-state index in [9.17, 15) is 19.5 Å². The molecule has 4 heterocycles.